The lowest BCUT2D eigenvalue weighted by atomic mass is 10.1. The zero-order valence-corrected chi connectivity index (χ0v) is 26.7. The number of methoxy groups -OCH3 is 1. The maximum absolute atomic E-state index is 14.2. The summed E-state index contributed by atoms with van der Waals surface area (Å²) in [6.07, 6.45) is 4.37. The topological polar surface area (TPSA) is 96.0 Å². The van der Waals surface area contributed by atoms with E-state index in [1.54, 1.807) is 30.3 Å². The van der Waals surface area contributed by atoms with Crippen molar-refractivity contribution >= 4 is 43.5 Å². The van der Waals surface area contributed by atoms with Crippen LogP contribution in [0.4, 0.5) is 5.69 Å². The van der Waals surface area contributed by atoms with Gasteiger partial charge in [-0.3, -0.25) is 13.9 Å². The van der Waals surface area contributed by atoms with Crippen LogP contribution < -0.4 is 14.4 Å². The van der Waals surface area contributed by atoms with Crippen LogP contribution in [0.3, 0.4) is 0 Å². The average molecular weight is 657 g/mol. The van der Waals surface area contributed by atoms with Gasteiger partial charge in [0.1, 0.15) is 18.3 Å². The lowest BCUT2D eigenvalue weighted by molar-refractivity contribution is -0.140. The fourth-order valence-electron chi connectivity index (χ4n) is 5.24. The van der Waals surface area contributed by atoms with Crippen molar-refractivity contribution in [1.82, 2.24) is 10.2 Å². The summed E-state index contributed by atoms with van der Waals surface area (Å²) in [5.74, 6) is -0.193. The van der Waals surface area contributed by atoms with Crippen molar-refractivity contribution in [2.24, 2.45) is 0 Å². The van der Waals surface area contributed by atoms with E-state index in [0.717, 1.165) is 41.1 Å². The second kappa shape index (κ2) is 14.2. The van der Waals surface area contributed by atoms with Gasteiger partial charge in [-0.2, -0.15) is 0 Å². The standard InChI is InChI=1S/C32H38BrN3O5S/c1-4-29(32(38)34-25-12-8-9-13-25)35(21-24-10-6-5-7-11-24)31(37)22-36(26-16-14-23(2)15-17-26)42(39,40)27-18-19-30(41-3)28(33)20-27/h5-7,10-11,14-20,25,29H,4,8-9,12-13,21-22H2,1-3H3,(H,34,38)/t29-/m0/s1. The molecule has 8 nitrogen and oxygen atoms in total. The molecule has 10 heteroatoms. The van der Waals surface area contributed by atoms with Gasteiger partial charge in [-0.15, -0.1) is 0 Å². The summed E-state index contributed by atoms with van der Waals surface area (Å²) in [6, 6.07) is 20.2. The molecule has 1 aliphatic rings. The Morgan fingerprint density at radius 3 is 2.29 bits per heavy atom. The smallest absolute Gasteiger partial charge is 0.264 e. The number of sulfonamides is 1. The number of hydrogen-bond acceptors (Lipinski definition) is 5. The third-order valence-electron chi connectivity index (χ3n) is 7.60. The summed E-state index contributed by atoms with van der Waals surface area (Å²) in [5.41, 5.74) is 2.15. The van der Waals surface area contributed by atoms with Crippen molar-refractivity contribution in [1.29, 1.82) is 0 Å². The highest BCUT2D eigenvalue weighted by atomic mass is 79.9. The quantitative estimate of drug-likeness (QED) is 0.265. The predicted molar refractivity (Wildman–Crippen MR) is 168 cm³/mol. The molecule has 3 aromatic carbocycles. The third-order valence-corrected chi connectivity index (χ3v) is 9.98. The molecule has 0 unspecified atom stereocenters. The molecule has 0 aliphatic heterocycles. The Morgan fingerprint density at radius 2 is 1.69 bits per heavy atom. The third kappa shape index (κ3) is 7.52. The van der Waals surface area contributed by atoms with Crippen molar-refractivity contribution in [2.45, 2.75) is 69.5 Å². The molecule has 0 aromatic heterocycles. The van der Waals surface area contributed by atoms with Gasteiger partial charge < -0.3 is 15.0 Å². The van der Waals surface area contributed by atoms with E-state index < -0.39 is 28.5 Å². The molecule has 4 rings (SSSR count). The number of ether oxygens (including phenoxy) is 1. The summed E-state index contributed by atoms with van der Waals surface area (Å²) >= 11 is 3.38. The Morgan fingerprint density at radius 1 is 1.02 bits per heavy atom. The minimum Gasteiger partial charge on any atom is -0.496 e. The summed E-state index contributed by atoms with van der Waals surface area (Å²) in [4.78, 5) is 29.2. The van der Waals surface area contributed by atoms with Crippen LogP contribution in [0, 0.1) is 6.92 Å². The number of rotatable bonds is 12. The highest BCUT2D eigenvalue weighted by Gasteiger charge is 2.34. The average Bonchev–Trinajstić information content (AvgIpc) is 3.49. The van der Waals surface area contributed by atoms with Crippen molar-refractivity contribution in [2.75, 3.05) is 18.0 Å². The Balaban J connectivity index is 1.71. The molecule has 1 fully saturated rings. The van der Waals surface area contributed by atoms with E-state index in [2.05, 4.69) is 21.2 Å². The summed E-state index contributed by atoms with van der Waals surface area (Å²) in [6.45, 7) is 3.47. The molecule has 0 saturated heterocycles. The number of anilines is 1. The van der Waals surface area contributed by atoms with Crippen molar-refractivity contribution in [3.05, 3.63) is 88.4 Å². The van der Waals surface area contributed by atoms with Crippen LogP contribution in [0.5, 0.6) is 5.75 Å². The van der Waals surface area contributed by atoms with Gasteiger partial charge in [-0.25, -0.2) is 8.42 Å². The number of aryl methyl sites for hydroxylation is 1. The van der Waals surface area contributed by atoms with Gasteiger partial charge in [0.25, 0.3) is 10.0 Å². The molecule has 0 heterocycles. The van der Waals surface area contributed by atoms with E-state index in [4.69, 9.17) is 4.74 Å². The van der Waals surface area contributed by atoms with Gasteiger partial charge in [-0.05, 0) is 78.0 Å². The fourth-order valence-corrected chi connectivity index (χ4v) is 7.37. The van der Waals surface area contributed by atoms with E-state index in [1.165, 1.54) is 24.1 Å². The summed E-state index contributed by atoms with van der Waals surface area (Å²) in [7, 11) is -2.69. The Bertz CT molecular complexity index is 1480. The molecule has 1 saturated carbocycles. The van der Waals surface area contributed by atoms with E-state index in [-0.39, 0.29) is 23.4 Å². The first-order valence-corrected chi connectivity index (χ1v) is 16.4. The van der Waals surface area contributed by atoms with Crippen LogP contribution in [0.1, 0.15) is 50.2 Å². The number of nitrogens with one attached hydrogen (secondary N) is 1. The molecule has 224 valence electrons. The first-order chi connectivity index (χ1) is 20.1. The van der Waals surface area contributed by atoms with Crippen molar-refractivity contribution < 1.29 is 22.7 Å². The lowest BCUT2D eigenvalue weighted by Gasteiger charge is -2.33. The first-order valence-electron chi connectivity index (χ1n) is 14.2. The Hall–Kier alpha value is -3.37. The van der Waals surface area contributed by atoms with Gasteiger partial charge in [0.2, 0.25) is 11.8 Å². The molecule has 2 amide bonds. The van der Waals surface area contributed by atoms with Gasteiger partial charge >= 0.3 is 0 Å². The molecule has 1 atom stereocenters. The monoisotopic (exact) mass is 655 g/mol. The Labute approximate surface area is 257 Å². The van der Waals surface area contributed by atoms with Gasteiger partial charge in [0.15, 0.2) is 0 Å². The molecular weight excluding hydrogens is 618 g/mol. The number of nitrogens with zero attached hydrogens (tertiary/aromatic N) is 2. The van der Waals surface area contributed by atoms with Crippen LogP contribution in [-0.4, -0.2) is 50.9 Å². The molecule has 42 heavy (non-hydrogen) atoms. The molecule has 0 radical (unpaired) electrons. The number of benzene rings is 3. The molecule has 0 bridgehead atoms. The number of amides is 2. The summed E-state index contributed by atoms with van der Waals surface area (Å²) < 4.78 is 35.1. The van der Waals surface area contributed by atoms with Crippen LogP contribution in [-0.2, 0) is 26.2 Å². The molecule has 3 aromatic rings. The van der Waals surface area contributed by atoms with Crippen molar-refractivity contribution in [3.8, 4) is 5.75 Å². The highest BCUT2D eigenvalue weighted by Crippen LogP contribution is 2.31. The number of carbonyl (C=O) groups is 2. The Kier molecular flexibility index (Phi) is 10.7. The zero-order chi connectivity index (χ0) is 30.3. The maximum atomic E-state index is 14.2. The van der Waals surface area contributed by atoms with Gasteiger partial charge in [-0.1, -0.05) is 67.8 Å². The van der Waals surface area contributed by atoms with Crippen LogP contribution in [0.15, 0.2) is 82.2 Å². The maximum Gasteiger partial charge on any atom is 0.264 e. The largest absolute Gasteiger partial charge is 0.496 e. The van der Waals surface area contributed by atoms with E-state index in [9.17, 15) is 18.0 Å². The van der Waals surface area contributed by atoms with Crippen LogP contribution >= 0.6 is 15.9 Å². The number of hydrogen-bond donors (Lipinski definition) is 1. The molecule has 1 aliphatic carbocycles. The fraction of sp³-hybridized carbons (Fsp3) is 0.375. The number of carbonyl (C=O) groups excluding carboxylic acids is 2. The second-order valence-corrected chi connectivity index (χ2v) is 13.3. The van der Waals surface area contributed by atoms with Gasteiger partial charge in [0.05, 0.1) is 22.2 Å². The van der Waals surface area contributed by atoms with E-state index >= 15 is 0 Å². The normalized spacial score (nSPS) is 14.3. The summed E-state index contributed by atoms with van der Waals surface area (Å²) in [5, 5.41) is 3.13. The van der Waals surface area contributed by atoms with E-state index in [0.29, 0.717) is 22.3 Å². The second-order valence-electron chi connectivity index (χ2n) is 10.6. The minimum atomic E-state index is -4.19. The van der Waals surface area contributed by atoms with Gasteiger partial charge in [0, 0.05) is 12.6 Å². The molecular formula is C32H38BrN3O5S. The number of halogens is 1. The van der Waals surface area contributed by atoms with E-state index in [1.807, 2.05) is 44.2 Å². The highest BCUT2D eigenvalue weighted by molar-refractivity contribution is 9.10. The molecule has 1 N–H and O–H groups in total. The van der Waals surface area contributed by atoms with Crippen molar-refractivity contribution in [3.63, 3.8) is 0 Å². The SMILES string of the molecule is CC[C@@H](C(=O)NC1CCCC1)N(Cc1ccccc1)C(=O)CN(c1ccc(C)cc1)S(=O)(=O)c1ccc(OC)c(Br)c1. The van der Waals surface area contributed by atoms with Crippen LogP contribution in [0.2, 0.25) is 0 Å². The lowest BCUT2D eigenvalue weighted by Crippen LogP contribution is -2.53. The van der Waals surface area contributed by atoms with Crippen LogP contribution in [0.25, 0.3) is 0 Å². The first kappa shape index (κ1) is 31.6. The molecule has 0 spiro atoms. The minimum absolute atomic E-state index is 0.00387. The zero-order valence-electron chi connectivity index (χ0n) is 24.3. The predicted octanol–water partition coefficient (Wildman–Crippen LogP) is 5.83.